The first-order chi connectivity index (χ1) is 9.55. The second-order valence-electron chi connectivity index (χ2n) is 4.60. The molecule has 0 atom stereocenters. The molecule has 0 aliphatic rings. The van der Waals surface area contributed by atoms with Gasteiger partial charge in [0.25, 0.3) is 0 Å². The van der Waals surface area contributed by atoms with E-state index in [0.717, 1.165) is 13.1 Å². The number of fused-ring (bicyclic) bond motifs is 1. The maximum atomic E-state index is 13.3. The van der Waals surface area contributed by atoms with Gasteiger partial charge in [-0.05, 0) is 25.2 Å². The zero-order chi connectivity index (χ0) is 14.7. The monoisotopic (exact) mass is 279 g/mol. The van der Waals surface area contributed by atoms with Crippen molar-refractivity contribution in [2.75, 3.05) is 13.1 Å². The van der Waals surface area contributed by atoms with E-state index < -0.39 is 5.97 Å². The molecule has 108 valence electrons. The fourth-order valence-electron chi connectivity index (χ4n) is 2.23. The number of imidazole rings is 1. The SMILES string of the molecule is CCN(CC)Cc1nc2cc(F)ccc2n1CC(=O)O. The first-order valence-corrected chi connectivity index (χ1v) is 6.64. The van der Waals surface area contributed by atoms with Crippen molar-refractivity contribution < 1.29 is 14.3 Å². The van der Waals surface area contributed by atoms with Crippen LogP contribution in [-0.2, 0) is 17.9 Å². The smallest absolute Gasteiger partial charge is 0.323 e. The number of rotatable bonds is 6. The van der Waals surface area contributed by atoms with E-state index in [0.29, 0.717) is 23.4 Å². The summed E-state index contributed by atoms with van der Waals surface area (Å²) in [6.07, 6.45) is 0. The van der Waals surface area contributed by atoms with Crippen LogP contribution in [0.2, 0.25) is 0 Å². The highest BCUT2D eigenvalue weighted by atomic mass is 19.1. The van der Waals surface area contributed by atoms with Crippen molar-refractivity contribution in [2.24, 2.45) is 0 Å². The van der Waals surface area contributed by atoms with Gasteiger partial charge in [-0.1, -0.05) is 13.8 Å². The standard InChI is InChI=1S/C14H18FN3O2/c1-3-17(4-2)8-13-16-11-7-10(15)5-6-12(11)18(13)9-14(19)20/h5-7H,3-4,8-9H2,1-2H3,(H,19,20). The Morgan fingerprint density at radius 3 is 2.70 bits per heavy atom. The number of benzene rings is 1. The molecule has 0 aliphatic carbocycles. The Balaban J connectivity index is 2.47. The van der Waals surface area contributed by atoms with E-state index in [-0.39, 0.29) is 12.4 Å². The first kappa shape index (κ1) is 14.5. The Kier molecular flexibility index (Phi) is 4.34. The highest BCUT2D eigenvalue weighted by Crippen LogP contribution is 2.18. The molecule has 0 saturated carbocycles. The van der Waals surface area contributed by atoms with Crippen molar-refractivity contribution in [1.29, 1.82) is 0 Å². The molecular weight excluding hydrogens is 261 g/mol. The maximum Gasteiger partial charge on any atom is 0.323 e. The number of aliphatic carboxylic acids is 1. The molecular formula is C14H18FN3O2. The Hall–Kier alpha value is -1.95. The molecule has 0 aliphatic heterocycles. The minimum absolute atomic E-state index is 0.168. The molecule has 2 aromatic rings. The van der Waals surface area contributed by atoms with Crippen molar-refractivity contribution in [2.45, 2.75) is 26.9 Å². The van der Waals surface area contributed by atoms with E-state index in [4.69, 9.17) is 5.11 Å². The van der Waals surface area contributed by atoms with E-state index in [1.165, 1.54) is 12.1 Å². The van der Waals surface area contributed by atoms with E-state index in [1.807, 2.05) is 13.8 Å². The lowest BCUT2D eigenvalue weighted by atomic mass is 10.3. The quantitative estimate of drug-likeness (QED) is 0.879. The van der Waals surface area contributed by atoms with Gasteiger partial charge in [-0.25, -0.2) is 9.37 Å². The van der Waals surface area contributed by atoms with Crippen LogP contribution in [0.25, 0.3) is 11.0 Å². The van der Waals surface area contributed by atoms with Crippen LogP contribution >= 0.6 is 0 Å². The van der Waals surface area contributed by atoms with Crippen molar-refractivity contribution in [3.05, 3.63) is 29.8 Å². The van der Waals surface area contributed by atoms with Crippen LogP contribution in [0, 0.1) is 5.82 Å². The molecule has 0 spiro atoms. The molecule has 1 N–H and O–H groups in total. The molecule has 0 unspecified atom stereocenters. The second-order valence-corrected chi connectivity index (χ2v) is 4.60. The first-order valence-electron chi connectivity index (χ1n) is 6.64. The lowest BCUT2D eigenvalue weighted by Gasteiger charge is -2.18. The van der Waals surface area contributed by atoms with E-state index >= 15 is 0 Å². The number of carboxylic acid groups (broad SMARTS) is 1. The molecule has 1 aromatic heterocycles. The highest BCUT2D eigenvalue weighted by Gasteiger charge is 2.15. The summed E-state index contributed by atoms with van der Waals surface area (Å²) in [5.74, 6) is -0.655. The normalized spacial score (nSPS) is 11.4. The summed E-state index contributed by atoms with van der Waals surface area (Å²) in [4.78, 5) is 17.5. The Bertz CT molecular complexity index is 620. The van der Waals surface area contributed by atoms with Gasteiger partial charge in [0.05, 0.1) is 17.6 Å². The summed E-state index contributed by atoms with van der Waals surface area (Å²) in [5, 5.41) is 9.04. The molecule has 2 rings (SSSR count). The van der Waals surface area contributed by atoms with E-state index in [1.54, 1.807) is 10.6 Å². The van der Waals surface area contributed by atoms with Gasteiger partial charge in [-0.3, -0.25) is 9.69 Å². The van der Waals surface area contributed by atoms with Crippen molar-refractivity contribution in [3.8, 4) is 0 Å². The van der Waals surface area contributed by atoms with Gasteiger partial charge in [0.1, 0.15) is 18.2 Å². The minimum atomic E-state index is -0.936. The van der Waals surface area contributed by atoms with E-state index in [9.17, 15) is 9.18 Å². The molecule has 0 fully saturated rings. The third kappa shape index (κ3) is 2.96. The number of carboxylic acids is 1. The van der Waals surface area contributed by atoms with Crippen LogP contribution in [0.1, 0.15) is 19.7 Å². The number of hydrogen-bond donors (Lipinski definition) is 1. The van der Waals surface area contributed by atoms with Gasteiger partial charge in [0.2, 0.25) is 0 Å². The number of nitrogens with zero attached hydrogens (tertiary/aromatic N) is 3. The van der Waals surface area contributed by atoms with Crippen LogP contribution in [0.3, 0.4) is 0 Å². The van der Waals surface area contributed by atoms with Crippen LogP contribution in [0.5, 0.6) is 0 Å². The molecule has 0 radical (unpaired) electrons. The predicted molar refractivity (Wildman–Crippen MR) is 74.0 cm³/mol. The molecule has 6 heteroatoms. The zero-order valence-electron chi connectivity index (χ0n) is 11.6. The van der Waals surface area contributed by atoms with Crippen molar-refractivity contribution >= 4 is 17.0 Å². The minimum Gasteiger partial charge on any atom is -0.480 e. The van der Waals surface area contributed by atoms with Crippen LogP contribution in [0.15, 0.2) is 18.2 Å². The lowest BCUT2D eigenvalue weighted by Crippen LogP contribution is -2.25. The lowest BCUT2D eigenvalue weighted by molar-refractivity contribution is -0.137. The summed E-state index contributed by atoms with van der Waals surface area (Å²) >= 11 is 0. The zero-order valence-corrected chi connectivity index (χ0v) is 11.6. The predicted octanol–water partition coefficient (Wildman–Crippen LogP) is 2.10. The fraction of sp³-hybridized carbons (Fsp3) is 0.429. The largest absolute Gasteiger partial charge is 0.480 e. The molecule has 20 heavy (non-hydrogen) atoms. The van der Waals surface area contributed by atoms with Gasteiger partial charge in [0.15, 0.2) is 0 Å². The topological polar surface area (TPSA) is 58.4 Å². The summed E-state index contributed by atoms with van der Waals surface area (Å²) in [6, 6.07) is 4.23. The maximum absolute atomic E-state index is 13.3. The molecule has 1 heterocycles. The summed E-state index contributed by atoms with van der Waals surface area (Å²) in [5.41, 5.74) is 1.14. The molecule has 0 amide bonds. The average Bonchev–Trinajstić information content (AvgIpc) is 2.72. The average molecular weight is 279 g/mol. The van der Waals surface area contributed by atoms with Crippen LogP contribution < -0.4 is 0 Å². The van der Waals surface area contributed by atoms with Crippen LogP contribution in [0.4, 0.5) is 4.39 Å². The number of aromatic nitrogens is 2. The highest BCUT2D eigenvalue weighted by molar-refractivity contribution is 5.78. The summed E-state index contributed by atoms with van der Waals surface area (Å²) < 4.78 is 14.9. The number of halogens is 1. The molecule has 0 bridgehead atoms. The second kappa shape index (κ2) is 6.00. The Morgan fingerprint density at radius 1 is 1.40 bits per heavy atom. The molecule has 5 nitrogen and oxygen atoms in total. The van der Waals surface area contributed by atoms with Gasteiger partial charge >= 0.3 is 5.97 Å². The van der Waals surface area contributed by atoms with Crippen molar-refractivity contribution in [1.82, 2.24) is 14.5 Å². The van der Waals surface area contributed by atoms with Crippen LogP contribution in [-0.4, -0.2) is 38.6 Å². The third-order valence-electron chi connectivity index (χ3n) is 3.34. The van der Waals surface area contributed by atoms with Crippen molar-refractivity contribution in [3.63, 3.8) is 0 Å². The number of hydrogen-bond acceptors (Lipinski definition) is 3. The number of carbonyl (C=O) groups is 1. The summed E-state index contributed by atoms with van der Waals surface area (Å²) in [6.45, 7) is 6.15. The molecule has 0 saturated heterocycles. The van der Waals surface area contributed by atoms with Gasteiger partial charge in [-0.15, -0.1) is 0 Å². The van der Waals surface area contributed by atoms with Gasteiger partial charge in [-0.2, -0.15) is 0 Å². The van der Waals surface area contributed by atoms with Gasteiger partial charge in [0, 0.05) is 6.07 Å². The van der Waals surface area contributed by atoms with E-state index in [2.05, 4.69) is 9.88 Å². The van der Waals surface area contributed by atoms with Gasteiger partial charge < -0.3 is 9.67 Å². The fourth-order valence-corrected chi connectivity index (χ4v) is 2.23. The third-order valence-corrected chi connectivity index (χ3v) is 3.34. The Labute approximate surface area is 116 Å². The summed E-state index contributed by atoms with van der Waals surface area (Å²) in [7, 11) is 0. The Morgan fingerprint density at radius 2 is 2.10 bits per heavy atom. The molecule has 1 aromatic carbocycles.